The van der Waals surface area contributed by atoms with Crippen LogP contribution in [0.4, 0.5) is 11.5 Å². The Morgan fingerprint density at radius 2 is 1.83 bits per heavy atom. The molecule has 0 saturated heterocycles. The lowest BCUT2D eigenvalue weighted by Crippen LogP contribution is -2.08. The van der Waals surface area contributed by atoms with Gasteiger partial charge in [0, 0.05) is 26.3 Å². The molecular formula is C14H16ClN3. The molecule has 0 aliphatic heterocycles. The van der Waals surface area contributed by atoms with E-state index in [1.54, 1.807) is 6.07 Å². The monoisotopic (exact) mass is 261 g/mol. The molecule has 1 aromatic heterocycles. The minimum absolute atomic E-state index is 0.503. The minimum Gasteiger partial charge on any atom is -0.378 e. The Labute approximate surface area is 112 Å². The summed E-state index contributed by atoms with van der Waals surface area (Å²) in [6, 6.07) is 14.0. The molecule has 0 amide bonds. The van der Waals surface area contributed by atoms with E-state index in [-0.39, 0.29) is 0 Å². The molecule has 3 nitrogen and oxygen atoms in total. The number of hydrogen-bond acceptors (Lipinski definition) is 3. The number of halogens is 1. The Morgan fingerprint density at radius 3 is 2.44 bits per heavy atom. The highest BCUT2D eigenvalue weighted by molar-refractivity contribution is 6.29. The van der Waals surface area contributed by atoms with Gasteiger partial charge >= 0.3 is 0 Å². The quantitative estimate of drug-likeness (QED) is 0.855. The van der Waals surface area contributed by atoms with Crippen LogP contribution in [0.1, 0.15) is 5.56 Å². The molecule has 0 aliphatic carbocycles. The zero-order valence-corrected chi connectivity index (χ0v) is 11.3. The number of nitrogens with one attached hydrogen (secondary N) is 1. The summed E-state index contributed by atoms with van der Waals surface area (Å²) in [7, 11) is 4.06. The predicted molar refractivity (Wildman–Crippen MR) is 77.3 cm³/mol. The lowest BCUT2D eigenvalue weighted by molar-refractivity contribution is 1.09. The summed E-state index contributed by atoms with van der Waals surface area (Å²) in [4.78, 5) is 6.26. The van der Waals surface area contributed by atoms with Gasteiger partial charge in [0.15, 0.2) is 0 Å². The highest BCUT2D eigenvalue weighted by Gasteiger charge is 1.98. The fourth-order valence-electron chi connectivity index (χ4n) is 1.61. The van der Waals surface area contributed by atoms with E-state index in [9.17, 15) is 0 Å². The second kappa shape index (κ2) is 5.74. The number of nitrogens with zero attached hydrogens (tertiary/aromatic N) is 2. The molecule has 1 aromatic carbocycles. The number of rotatable bonds is 4. The third-order valence-corrected chi connectivity index (χ3v) is 2.85. The predicted octanol–water partition coefficient (Wildman–Crippen LogP) is 3.41. The van der Waals surface area contributed by atoms with Crippen LogP contribution in [0.15, 0.2) is 42.5 Å². The van der Waals surface area contributed by atoms with Crippen molar-refractivity contribution in [3.05, 3.63) is 53.2 Å². The summed E-state index contributed by atoms with van der Waals surface area (Å²) in [5, 5.41) is 3.74. The zero-order chi connectivity index (χ0) is 13.0. The van der Waals surface area contributed by atoms with Crippen LogP contribution in [0.3, 0.4) is 0 Å². The Hall–Kier alpha value is -1.74. The molecule has 0 radical (unpaired) electrons. The Kier molecular flexibility index (Phi) is 4.05. The van der Waals surface area contributed by atoms with Crippen LogP contribution in [-0.4, -0.2) is 19.1 Å². The Balaban J connectivity index is 1.98. The number of aromatic nitrogens is 1. The molecule has 1 N–H and O–H groups in total. The molecule has 94 valence electrons. The molecule has 0 atom stereocenters. The van der Waals surface area contributed by atoms with Gasteiger partial charge in [-0.25, -0.2) is 4.98 Å². The highest BCUT2D eigenvalue weighted by Crippen LogP contribution is 2.14. The number of benzene rings is 1. The molecule has 2 rings (SSSR count). The molecule has 0 unspecified atom stereocenters. The highest BCUT2D eigenvalue weighted by atomic mass is 35.5. The first-order valence-electron chi connectivity index (χ1n) is 5.78. The van der Waals surface area contributed by atoms with Gasteiger partial charge in [-0.2, -0.15) is 0 Å². The maximum absolute atomic E-state index is 5.83. The largest absolute Gasteiger partial charge is 0.378 e. The average molecular weight is 262 g/mol. The van der Waals surface area contributed by atoms with Crippen LogP contribution in [-0.2, 0) is 6.54 Å². The molecule has 0 bridgehead atoms. The number of anilines is 2. The Bertz CT molecular complexity index is 509. The standard InChI is InChI=1S/C14H16ClN3/c1-18(2)12-8-6-11(7-9-12)10-16-14-5-3-4-13(15)17-14/h3-9H,10H2,1-2H3,(H,16,17). The van der Waals surface area contributed by atoms with Crippen LogP contribution in [0.5, 0.6) is 0 Å². The zero-order valence-electron chi connectivity index (χ0n) is 10.5. The van der Waals surface area contributed by atoms with Crippen LogP contribution in [0, 0.1) is 0 Å². The van der Waals surface area contributed by atoms with E-state index in [4.69, 9.17) is 11.6 Å². The second-order valence-electron chi connectivity index (χ2n) is 4.26. The second-order valence-corrected chi connectivity index (χ2v) is 4.65. The molecule has 4 heteroatoms. The van der Waals surface area contributed by atoms with Crippen LogP contribution in [0.2, 0.25) is 5.15 Å². The molecule has 1 heterocycles. The summed E-state index contributed by atoms with van der Waals surface area (Å²) in [5.41, 5.74) is 2.40. The number of hydrogen-bond donors (Lipinski definition) is 1. The van der Waals surface area contributed by atoms with Crippen molar-refractivity contribution in [2.75, 3.05) is 24.3 Å². The van der Waals surface area contributed by atoms with Gasteiger partial charge in [-0.15, -0.1) is 0 Å². The molecule has 18 heavy (non-hydrogen) atoms. The van der Waals surface area contributed by atoms with Gasteiger partial charge < -0.3 is 10.2 Å². The summed E-state index contributed by atoms with van der Waals surface area (Å²) >= 11 is 5.83. The molecule has 2 aromatic rings. The van der Waals surface area contributed by atoms with Crippen molar-refractivity contribution in [3.63, 3.8) is 0 Å². The topological polar surface area (TPSA) is 28.2 Å². The van der Waals surface area contributed by atoms with E-state index in [1.807, 2.05) is 26.2 Å². The van der Waals surface area contributed by atoms with E-state index in [0.29, 0.717) is 5.15 Å². The van der Waals surface area contributed by atoms with E-state index in [2.05, 4.69) is 39.5 Å². The van der Waals surface area contributed by atoms with Crippen molar-refractivity contribution in [1.82, 2.24) is 4.98 Å². The normalized spacial score (nSPS) is 10.2. The van der Waals surface area contributed by atoms with Crippen molar-refractivity contribution in [1.29, 1.82) is 0 Å². The fraction of sp³-hybridized carbons (Fsp3) is 0.214. The third-order valence-electron chi connectivity index (χ3n) is 2.64. The lowest BCUT2D eigenvalue weighted by atomic mass is 10.2. The third kappa shape index (κ3) is 3.37. The van der Waals surface area contributed by atoms with Gasteiger partial charge in [0.05, 0.1) is 0 Å². The molecule has 0 fully saturated rings. The van der Waals surface area contributed by atoms with Crippen molar-refractivity contribution in [2.24, 2.45) is 0 Å². The van der Waals surface area contributed by atoms with E-state index < -0.39 is 0 Å². The first-order valence-corrected chi connectivity index (χ1v) is 6.15. The van der Waals surface area contributed by atoms with Gasteiger partial charge in [-0.3, -0.25) is 0 Å². The lowest BCUT2D eigenvalue weighted by Gasteiger charge is -2.13. The van der Waals surface area contributed by atoms with E-state index >= 15 is 0 Å². The van der Waals surface area contributed by atoms with Crippen LogP contribution >= 0.6 is 11.6 Å². The van der Waals surface area contributed by atoms with Crippen molar-refractivity contribution >= 4 is 23.1 Å². The summed E-state index contributed by atoms with van der Waals surface area (Å²) in [5.74, 6) is 0.791. The molecule has 0 spiro atoms. The van der Waals surface area contributed by atoms with Gasteiger partial charge in [-0.05, 0) is 29.8 Å². The first kappa shape index (κ1) is 12.7. The maximum atomic E-state index is 5.83. The summed E-state index contributed by atoms with van der Waals surface area (Å²) < 4.78 is 0. The molecular weight excluding hydrogens is 246 g/mol. The maximum Gasteiger partial charge on any atom is 0.131 e. The van der Waals surface area contributed by atoms with E-state index in [1.165, 1.54) is 11.3 Å². The van der Waals surface area contributed by atoms with Gasteiger partial charge in [0.2, 0.25) is 0 Å². The minimum atomic E-state index is 0.503. The van der Waals surface area contributed by atoms with Crippen LogP contribution in [0.25, 0.3) is 0 Å². The van der Waals surface area contributed by atoms with Gasteiger partial charge in [0.25, 0.3) is 0 Å². The van der Waals surface area contributed by atoms with Crippen LogP contribution < -0.4 is 10.2 Å². The average Bonchev–Trinajstić information content (AvgIpc) is 2.37. The fourth-order valence-corrected chi connectivity index (χ4v) is 1.78. The smallest absolute Gasteiger partial charge is 0.131 e. The SMILES string of the molecule is CN(C)c1ccc(CNc2cccc(Cl)n2)cc1. The molecule has 0 saturated carbocycles. The molecule has 0 aliphatic rings. The van der Waals surface area contributed by atoms with Crippen molar-refractivity contribution < 1.29 is 0 Å². The van der Waals surface area contributed by atoms with Crippen molar-refractivity contribution in [3.8, 4) is 0 Å². The van der Waals surface area contributed by atoms with Gasteiger partial charge in [-0.1, -0.05) is 29.8 Å². The summed E-state index contributed by atoms with van der Waals surface area (Å²) in [6.07, 6.45) is 0. The van der Waals surface area contributed by atoms with Crippen molar-refractivity contribution in [2.45, 2.75) is 6.54 Å². The first-order chi connectivity index (χ1) is 8.65. The van der Waals surface area contributed by atoms with E-state index in [0.717, 1.165) is 12.4 Å². The van der Waals surface area contributed by atoms with Gasteiger partial charge in [0.1, 0.15) is 11.0 Å². The Morgan fingerprint density at radius 1 is 1.11 bits per heavy atom. The number of pyridine rings is 1. The summed E-state index contributed by atoms with van der Waals surface area (Å²) in [6.45, 7) is 0.737.